The Morgan fingerprint density at radius 3 is 3.00 bits per heavy atom. The quantitative estimate of drug-likeness (QED) is 0.593. The SMILES string of the molecule is Nc1ccc(O)c(CNC(=O)c2ccc3c(c2)CCO3)c1. The number of hydrogen-bond donors (Lipinski definition) is 3. The number of rotatable bonds is 3. The second-order valence-electron chi connectivity index (χ2n) is 4.99. The molecule has 4 N–H and O–H groups in total. The summed E-state index contributed by atoms with van der Waals surface area (Å²) in [4.78, 5) is 12.1. The lowest BCUT2D eigenvalue weighted by atomic mass is 10.1. The van der Waals surface area contributed by atoms with E-state index in [9.17, 15) is 9.90 Å². The number of amides is 1. The number of carbonyl (C=O) groups is 1. The van der Waals surface area contributed by atoms with E-state index in [1.54, 1.807) is 18.2 Å². The molecule has 0 aliphatic carbocycles. The van der Waals surface area contributed by atoms with Crippen LogP contribution in [0.2, 0.25) is 0 Å². The second kappa shape index (κ2) is 5.36. The van der Waals surface area contributed by atoms with E-state index in [-0.39, 0.29) is 18.2 Å². The molecule has 0 radical (unpaired) electrons. The number of benzene rings is 2. The van der Waals surface area contributed by atoms with Gasteiger partial charge in [-0.3, -0.25) is 4.79 Å². The molecule has 21 heavy (non-hydrogen) atoms. The lowest BCUT2D eigenvalue weighted by Gasteiger charge is -2.09. The van der Waals surface area contributed by atoms with Crippen molar-refractivity contribution in [2.24, 2.45) is 0 Å². The van der Waals surface area contributed by atoms with Gasteiger partial charge in [0.1, 0.15) is 11.5 Å². The lowest BCUT2D eigenvalue weighted by molar-refractivity contribution is 0.0950. The minimum absolute atomic E-state index is 0.117. The van der Waals surface area contributed by atoms with Crippen LogP contribution in [0.4, 0.5) is 5.69 Å². The normalized spacial score (nSPS) is 12.6. The summed E-state index contributed by atoms with van der Waals surface area (Å²) < 4.78 is 5.41. The number of hydrogen-bond acceptors (Lipinski definition) is 4. The summed E-state index contributed by atoms with van der Waals surface area (Å²) in [5.41, 5.74) is 8.44. The van der Waals surface area contributed by atoms with Gasteiger partial charge >= 0.3 is 0 Å². The molecule has 2 aromatic rings. The van der Waals surface area contributed by atoms with E-state index < -0.39 is 0 Å². The van der Waals surface area contributed by atoms with E-state index in [1.807, 2.05) is 12.1 Å². The zero-order valence-electron chi connectivity index (χ0n) is 11.4. The maximum atomic E-state index is 12.1. The molecule has 5 nitrogen and oxygen atoms in total. The summed E-state index contributed by atoms with van der Waals surface area (Å²) in [7, 11) is 0. The van der Waals surface area contributed by atoms with E-state index in [0.717, 1.165) is 17.7 Å². The highest BCUT2D eigenvalue weighted by molar-refractivity contribution is 5.94. The van der Waals surface area contributed by atoms with Crippen LogP contribution in [0.5, 0.6) is 11.5 Å². The van der Waals surface area contributed by atoms with Crippen LogP contribution in [-0.2, 0) is 13.0 Å². The molecule has 5 heteroatoms. The fraction of sp³-hybridized carbons (Fsp3) is 0.188. The Kier molecular flexibility index (Phi) is 3.39. The van der Waals surface area contributed by atoms with E-state index in [4.69, 9.17) is 10.5 Å². The Morgan fingerprint density at radius 1 is 1.29 bits per heavy atom. The highest BCUT2D eigenvalue weighted by atomic mass is 16.5. The molecule has 1 heterocycles. The van der Waals surface area contributed by atoms with E-state index in [0.29, 0.717) is 23.4 Å². The lowest BCUT2D eigenvalue weighted by Crippen LogP contribution is -2.23. The third-order valence-electron chi connectivity index (χ3n) is 3.49. The van der Waals surface area contributed by atoms with Crippen LogP contribution in [0.15, 0.2) is 36.4 Å². The van der Waals surface area contributed by atoms with Gasteiger partial charge in [-0.2, -0.15) is 0 Å². The molecule has 3 rings (SSSR count). The standard InChI is InChI=1S/C16H16N2O3/c17-13-2-3-14(19)12(8-13)9-18-16(20)11-1-4-15-10(7-11)5-6-21-15/h1-4,7-8,19H,5-6,9,17H2,(H,18,20). The molecule has 2 aromatic carbocycles. The number of anilines is 1. The number of carbonyl (C=O) groups excluding carboxylic acids is 1. The minimum Gasteiger partial charge on any atom is -0.508 e. The van der Waals surface area contributed by atoms with Crippen LogP contribution in [0.25, 0.3) is 0 Å². The Hall–Kier alpha value is -2.69. The molecule has 1 aliphatic heterocycles. The molecule has 0 fully saturated rings. The topological polar surface area (TPSA) is 84.6 Å². The summed E-state index contributed by atoms with van der Waals surface area (Å²) in [6.07, 6.45) is 0.826. The molecule has 0 unspecified atom stereocenters. The number of nitrogens with one attached hydrogen (secondary N) is 1. The third-order valence-corrected chi connectivity index (χ3v) is 3.49. The smallest absolute Gasteiger partial charge is 0.251 e. The van der Waals surface area contributed by atoms with Crippen LogP contribution in [0.3, 0.4) is 0 Å². The van der Waals surface area contributed by atoms with Gasteiger partial charge in [-0.25, -0.2) is 0 Å². The average molecular weight is 284 g/mol. The van der Waals surface area contributed by atoms with Crippen LogP contribution in [0, 0.1) is 0 Å². The number of phenolic OH excluding ortho intramolecular Hbond substituents is 1. The maximum absolute atomic E-state index is 12.1. The van der Waals surface area contributed by atoms with Gasteiger partial charge in [0.2, 0.25) is 0 Å². The zero-order valence-corrected chi connectivity index (χ0v) is 11.4. The first kappa shape index (κ1) is 13.3. The van der Waals surface area contributed by atoms with Gasteiger partial charge < -0.3 is 20.9 Å². The molecular weight excluding hydrogens is 268 g/mol. The van der Waals surface area contributed by atoms with Crippen LogP contribution in [-0.4, -0.2) is 17.6 Å². The molecule has 0 atom stereocenters. The number of fused-ring (bicyclic) bond motifs is 1. The van der Waals surface area contributed by atoms with Crippen LogP contribution < -0.4 is 15.8 Å². The van der Waals surface area contributed by atoms with Crippen LogP contribution in [0.1, 0.15) is 21.5 Å². The zero-order chi connectivity index (χ0) is 14.8. The molecule has 1 amide bonds. The Morgan fingerprint density at radius 2 is 2.14 bits per heavy atom. The number of nitrogen functional groups attached to an aromatic ring is 1. The maximum Gasteiger partial charge on any atom is 0.251 e. The summed E-state index contributed by atoms with van der Waals surface area (Å²) in [6.45, 7) is 0.890. The molecule has 0 spiro atoms. The van der Waals surface area contributed by atoms with Gasteiger partial charge in [0.05, 0.1) is 6.61 Å². The second-order valence-corrected chi connectivity index (χ2v) is 4.99. The average Bonchev–Trinajstić information content (AvgIpc) is 2.95. The number of aromatic hydroxyl groups is 1. The fourth-order valence-corrected chi connectivity index (χ4v) is 2.35. The Balaban J connectivity index is 1.70. The van der Waals surface area contributed by atoms with Crippen molar-refractivity contribution < 1.29 is 14.6 Å². The van der Waals surface area contributed by atoms with Gasteiger partial charge in [-0.1, -0.05) is 0 Å². The minimum atomic E-state index is -0.188. The van der Waals surface area contributed by atoms with Crippen molar-refractivity contribution in [3.8, 4) is 11.5 Å². The number of nitrogens with two attached hydrogens (primary N) is 1. The molecule has 0 saturated heterocycles. The van der Waals surface area contributed by atoms with Crippen molar-refractivity contribution in [1.29, 1.82) is 0 Å². The fourth-order valence-electron chi connectivity index (χ4n) is 2.35. The first-order valence-corrected chi connectivity index (χ1v) is 6.75. The Bertz CT molecular complexity index is 698. The van der Waals surface area contributed by atoms with Gasteiger partial charge in [0, 0.05) is 29.8 Å². The summed E-state index contributed by atoms with van der Waals surface area (Å²) in [5.74, 6) is 0.776. The van der Waals surface area contributed by atoms with Gasteiger partial charge in [-0.05, 0) is 42.0 Å². The first-order chi connectivity index (χ1) is 10.1. The predicted molar refractivity (Wildman–Crippen MR) is 79.3 cm³/mol. The van der Waals surface area contributed by atoms with Crippen LogP contribution >= 0.6 is 0 Å². The number of ether oxygens (including phenoxy) is 1. The molecule has 0 bridgehead atoms. The number of phenols is 1. The van der Waals surface area contributed by atoms with Crippen molar-refractivity contribution in [2.75, 3.05) is 12.3 Å². The van der Waals surface area contributed by atoms with Gasteiger partial charge in [0.25, 0.3) is 5.91 Å². The molecule has 1 aliphatic rings. The largest absolute Gasteiger partial charge is 0.508 e. The van der Waals surface area contributed by atoms with Gasteiger partial charge in [-0.15, -0.1) is 0 Å². The predicted octanol–water partition coefficient (Wildman–Crippen LogP) is 1.84. The molecule has 0 aromatic heterocycles. The highest BCUT2D eigenvalue weighted by Gasteiger charge is 2.15. The van der Waals surface area contributed by atoms with Crippen molar-refractivity contribution in [1.82, 2.24) is 5.32 Å². The van der Waals surface area contributed by atoms with Crippen molar-refractivity contribution in [3.05, 3.63) is 53.1 Å². The van der Waals surface area contributed by atoms with E-state index in [1.165, 1.54) is 6.07 Å². The third kappa shape index (κ3) is 2.76. The monoisotopic (exact) mass is 284 g/mol. The Labute approximate surface area is 122 Å². The molecule has 108 valence electrons. The highest BCUT2D eigenvalue weighted by Crippen LogP contribution is 2.26. The summed E-state index contributed by atoms with van der Waals surface area (Å²) >= 11 is 0. The van der Waals surface area contributed by atoms with Crippen molar-refractivity contribution >= 4 is 11.6 Å². The van der Waals surface area contributed by atoms with E-state index >= 15 is 0 Å². The van der Waals surface area contributed by atoms with Crippen molar-refractivity contribution in [3.63, 3.8) is 0 Å². The van der Waals surface area contributed by atoms with E-state index in [2.05, 4.69) is 5.32 Å². The summed E-state index contributed by atoms with van der Waals surface area (Å²) in [5, 5.41) is 12.5. The summed E-state index contributed by atoms with van der Waals surface area (Å²) in [6, 6.07) is 10.2. The first-order valence-electron chi connectivity index (χ1n) is 6.75. The molecular formula is C16H16N2O3. The van der Waals surface area contributed by atoms with Crippen molar-refractivity contribution in [2.45, 2.75) is 13.0 Å². The molecule has 0 saturated carbocycles. The van der Waals surface area contributed by atoms with Gasteiger partial charge in [0.15, 0.2) is 0 Å².